The third kappa shape index (κ3) is 4.97. The van der Waals surface area contributed by atoms with Gasteiger partial charge in [-0.15, -0.1) is 0 Å². The number of halogens is 1. The van der Waals surface area contributed by atoms with Crippen LogP contribution in [-0.2, 0) is 6.54 Å². The minimum absolute atomic E-state index is 0.278. The maximum absolute atomic E-state index is 12.1. The van der Waals surface area contributed by atoms with Crippen LogP contribution in [0, 0.1) is 6.92 Å². The van der Waals surface area contributed by atoms with Crippen LogP contribution in [-0.4, -0.2) is 16.0 Å². The molecule has 26 heavy (non-hydrogen) atoms. The zero-order valence-electron chi connectivity index (χ0n) is 14.1. The minimum atomic E-state index is -0.278. The minimum Gasteiger partial charge on any atom is -0.334 e. The number of hydrogen-bond donors (Lipinski definition) is 2. The fourth-order valence-electron chi connectivity index (χ4n) is 2.27. The highest BCUT2D eigenvalue weighted by Gasteiger charge is 2.07. The lowest BCUT2D eigenvalue weighted by atomic mass is 10.2. The first-order chi connectivity index (χ1) is 12.6. The molecule has 0 fully saturated rings. The molecule has 0 bridgehead atoms. The van der Waals surface area contributed by atoms with Gasteiger partial charge in [0, 0.05) is 34.5 Å². The van der Waals surface area contributed by atoms with Crippen molar-refractivity contribution in [2.75, 3.05) is 5.32 Å². The summed E-state index contributed by atoms with van der Waals surface area (Å²) < 4.78 is 0. The Hall–Kier alpha value is -2.57. The SMILES string of the molecule is Cc1cc(Sc2ncccn2)ccc1NC(=O)NCc1ccccc1Cl. The molecule has 0 atom stereocenters. The van der Waals surface area contributed by atoms with E-state index in [1.807, 2.05) is 43.3 Å². The molecule has 2 N–H and O–H groups in total. The second-order valence-electron chi connectivity index (χ2n) is 5.51. The van der Waals surface area contributed by atoms with Crippen LogP contribution in [0.15, 0.2) is 71.0 Å². The van der Waals surface area contributed by atoms with E-state index in [1.165, 1.54) is 11.8 Å². The molecule has 0 spiro atoms. The first-order valence-corrected chi connectivity index (χ1v) is 9.15. The van der Waals surface area contributed by atoms with Crippen LogP contribution in [0.3, 0.4) is 0 Å². The summed E-state index contributed by atoms with van der Waals surface area (Å²) in [6.07, 6.45) is 3.42. The fourth-order valence-corrected chi connectivity index (χ4v) is 3.28. The van der Waals surface area contributed by atoms with Crippen LogP contribution in [0.5, 0.6) is 0 Å². The molecule has 0 aliphatic rings. The summed E-state index contributed by atoms with van der Waals surface area (Å²) in [7, 11) is 0. The summed E-state index contributed by atoms with van der Waals surface area (Å²) in [4.78, 5) is 21.5. The van der Waals surface area contributed by atoms with Gasteiger partial charge in [-0.3, -0.25) is 0 Å². The molecule has 1 aromatic heterocycles. The lowest BCUT2D eigenvalue weighted by Crippen LogP contribution is -2.28. The van der Waals surface area contributed by atoms with Gasteiger partial charge in [-0.05, 0) is 60.1 Å². The standard InChI is InChI=1S/C19H17ClN4OS/c1-13-11-15(26-19-21-9-4-10-22-19)7-8-17(13)24-18(25)23-12-14-5-2-3-6-16(14)20/h2-11H,12H2,1H3,(H2,23,24,25). The van der Waals surface area contributed by atoms with Crippen LogP contribution in [0.4, 0.5) is 10.5 Å². The van der Waals surface area contributed by atoms with E-state index < -0.39 is 0 Å². The number of aryl methyl sites for hydroxylation is 1. The van der Waals surface area contributed by atoms with E-state index in [0.717, 1.165) is 21.7 Å². The fraction of sp³-hybridized carbons (Fsp3) is 0.105. The Balaban J connectivity index is 1.59. The third-order valence-electron chi connectivity index (χ3n) is 3.59. The monoisotopic (exact) mass is 384 g/mol. The maximum Gasteiger partial charge on any atom is 0.319 e. The number of rotatable bonds is 5. The third-order valence-corrected chi connectivity index (χ3v) is 4.85. The molecule has 132 valence electrons. The molecule has 2 aromatic carbocycles. The molecule has 0 aliphatic carbocycles. The average Bonchev–Trinajstić information content (AvgIpc) is 2.64. The predicted octanol–water partition coefficient (Wildman–Crippen LogP) is 4.91. The Morgan fingerprint density at radius 1 is 1.12 bits per heavy atom. The summed E-state index contributed by atoms with van der Waals surface area (Å²) >= 11 is 7.57. The van der Waals surface area contributed by atoms with E-state index in [-0.39, 0.29) is 6.03 Å². The van der Waals surface area contributed by atoms with E-state index in [9.17, 15) is 4.79 Å². The first-order valence-electron chi connectivity index (χ1n) is 7.95. The zero-order valence-corrected chi connectivity index (χ0v) is 15.6. The molecular weight excluding hydrogens is 368 g/mol. The number of urea groups is 1. The summed E-state index contributed by atoms with van der Waals surface area (Å²) in [6, 6.07) is 14.7. The summed E-state index contributed by atoms with van der Waals surface area (Å²) in [5.74, 6) is 0. The Kier molecular flexibility index (Phi) is 6.09. The quantitative estimate of drug-likeness (QED) is 0.613. The first kappa shape index (κ1) is 18.2. The Morgan fingerprint density at radius 3 is 2.62 bits per heavy atom. The number of carbonyl (C=O) groups excluding carboxylic acids is 1. The number of nitrogens with zero attached hydrogens (tertiary/aromatic N) is 2. The van der Waals surface area contributed by atoms with Crippen molar-refractivity contribution in [3.63, 3.8) is 0 Å². The van der Waals surface area contributed by atoms with Gasteiger partial charge >= 0.3 is 6.03 Å². The van der Waals surface area contributed by atoms with Crippen molar-refractivity contribution in [1.29, 1.82) is 0 Å². The van der Waals surface area contributed by atoms with Crippen molar-refractivity contribution >= 4 is 35.1 Å². The van der Waals surface area contributed by atoms with Gasteiger partial charge in [-0.25, -0.2) is 14.8 Å². The van der Waals surface area contributed by atoms with E-state index in [4.69, 9.17) is 11.6 Å². The van der Waals surface area contributed by atoms with Gasteiger partial charge in [0.2, 0.25) is 0 Å². The van der Waals surface area contributed by atoms with Crippen molar-refractivity contribution < 1.29 is 4.79 Å². The molecule has 3 aromatic rings. The van der Waals surface area contributed by atoms with Crippen molar-refractivity contribution in [3.8, 4) is 0 Å². The van der Waals surface area contributed by atoms with Gasteiger partial charge in [-0.2, -0.15) is 0 Å². The van der Waals surface area contributed by atoms with Gasteiger partial charge in [0.1, 0.15) is 0 Å². The average molecular weight is 385 g/mol. The van der Waals surface area contributed by atoms with Gasteiger partial charge in [0.05, 0.1) is 0 Å². The maximum atomic E-state index is 12.1. The molecule has 5 nitrogen and oxygen atoms in total. The molecule has 0 radical (unpaired) electrons. The van der Waals surface area contributed by atoms with E-state index >= 15 is 0 Å². The van der Waals surface area contributed by atoms with Gasteiger partial charge in [-0.1, -0.05) is 29.8 Å². The summed E-state index contributed by atoms with van der Waals surface area (Å²) in [6.45, 7) is 2.31. The van der Waals surface area contributed by atoms with Crippen LogP contribution < -0.4 is 10.6 Å². The van der Waals surface area contributed by atoms with Gasteiger partial charge < -0.3 is 10.6 Å². The summed E-state index contributed by atoms with van der Waals surface area (Å²) in [5, 5.41) is 6.99. The Labute approximate surface area is 161 Å². The number of hydrogen-bond acceptors (Lipinski definition) is 4. The molecule has 1 heterocycles. The molecular formula is C19H17ClN4OS. The lowest BCUT2D eigenvalue weighted by molar-refractivity contribution is 0.251. The van der Waals surface area contributed by atoms with Crippen LogP contribution in [0.2, 0.25) is 5.02 Å². The lowest BCUT2D eigenvalue weighted by Gasteiger charge is -2.11. The largest absolute Gasteiger partial charge is 0.334 e. The van der Waals surface area contributed by atoms with Gasteiger partial charge in [0.25, 0.3) is 0 Å². The highest BCUT2D eigenvalue weighted by atomic mass is 35.5. The molecule has 0 aliphatic heterocycles. The summed E-state index contributed by atoms with van der Waals surface area (Å²) in [5.41, 5.74) is 2.58. The molecule has 0 unspecified atom stereocenters. The molecule has 0 saturated heterocycles. The van der Waals surface area contributed by atoms with E-state index in [2.05, 4.69) is 20.6 Å². The predicted molar refractivity (Wildman–Crippen MR) is 105 cm³/mol. The molecule has 2 amide bonds. The van der Waals surface area contributed by atoms with E-state index in [0.29, 0.717) is 16.7 Å². The number of anilines is 1. The number of benzene rings is 2. The second-order valence-corrected chi connectivity index (χ2v) is 6.96. The molecule has 0 saturated carbocycles. The van der Waals surface area contributed by atoms with Crippen LogP contribution >= 0.6 is 23.4 Å². The smallest absolute Gasteiger partial charge is 0.319 e. The topological polar surface area (TPSA) is 66.9 Å². The molecule has 7 heteroatoms. The second kappa shape index (κ2) is 8.69. The Bertz CT molecular complexity index is 905. The van der Waals surface area contributed by atoms with Gasteiger partial charge in [0.15, 0.2) is 5.16 Å². The van der Waals surface area contributed by atoms with Crippen molar-refractivity contribution in [2.24, 2.45) is 0 Å². The number of nitrogens with one attached hydrogen (secondary N) is 2. The van der Waals surface area contributed by atoms with Crippen molar-refractivity contribution in [3.05, 3.63) is 77.1 Å². The normalized spacial score (nSPS) is 10.4. The van der Waals surface area contributed by atoms with Crippen LogP contribution in [0.25, 0.3) is 0 Å². The number of aromatic nitrogens is 2. The highest BCUT2D eigenvalue weighted by Crippen LogP contribution is 2.27. The zero-order chi connectivity index (χ0) is 18.4. The van der Waals surface area contributed by atoms with Crippen molar-refractivity contribution in [2.45, 2.75) is 23.5 Å². The van der Waals surface area contributed by atoms with Crippen molar-refractivity contribution in [1.82, 2.24) is 15.3 Å². The number of amides is 2. The Morgan fingerprint density at radius 2 is 1.88 bits per heavy atom. The molecule has 3 rings (SSSR count). The van der Waals surface area contributed by atoms with Crippen LogP contribution in [0.1, 0.15) is 11.1 Å². The number of carbonyl (C=O) groups is 1. The van der Waals surface area contributed by atoms with E-state index in [1.54, 1.807) is 24.5 Å². The highest BCUT2D eigenvalue weighted by molar-refractivity contribution is 7.99.